The maximum atomic E-state index is 11.9. The summed E-state index contributed by atoms with van der Waals surface area (Å²) in [4.78, 5) is 14.6. The molecule has 102 valence electrons. The molecule has 0 aliphatic heterocycles. The Morgan fingerprint density at radius 2 is 2.28 bits per heavy atom. The first kappa shape index (κ1) is 14.8. The summed E-state index contributed by atoms with van der Waals surface area (Å²) >= 11 is 0. The Kier molecular flexibility index (Phi) is 7.22. The third kappa shape index (κ3) is 4.94. The van der Waals surface area contributed by atoms with Crippen LogP contribution in [0.15, 0.2) is 5.11 Å². The Bertz CT molecular complexity index is 296. The van der Waals surface area contributed by atoms with Crippen LogP contribution in [0.2, 0.25) is 0 Å². The van der Waals surface area contributed by atoms with Crippen molar-refractivity contribution in [2.24, 2.45) is 11.0 Å². The summed E-state index contributed by atoms with van der Waals surface area (Å²) in [7, 11) is 0. The van der Waals surface area contributed by atoms with Crippen LogP contribution >= 0.6 is 0 Å². The number of nitrogens with one attached hydrogen (secondary N) is 1. The minimum Gasteiger partial charge on any atom is -0.465 e. The highest BCUT2D eigenvalue weighted by atomic mass is 16.5. The van der Waals surface area contributed by atoms with Gasteiger partial charge in [0.2, 0.25) is 0 Å². The minimum absolute atomic E-state index is 0.145. The number of hydrogen-bond donors (Lipinski definition) is 1. The smallest absolute Gasteiger partial charge is 0.323 e. The van der Waals surface area contributed by atoms with Gasteiger partial charge in [-0.25, -0.2) is 0 Å². The molecule has 0 amide bonds. The van der Waals surface area contributed by atoms with Crippen molar-refractivity contribution in [1.82, 2.24) is 5.32 Å². The monoisotopic (exact) mass is 254 g/mol. The molecule has 0 aromatic rings. The fourth-order valence-corrected chi connectivity index (χ4v) is 2.42. The molecule has 0 saturated heterocycles. The number of esters is 1. The molecule has 1 fully saturated rings. The summed E-state index contributed by atoms with van der Waals surface area (Å²) in [6.07, 6.45) is 5.31. The van der Waals surface area contributed by atoms with Crippen LogP contribution in [-0.2, 0) is 9.53 Å². The second-order valence-electron chi connectivity index (χ2n) is 4.54. The number of azide groups is 1. The number of carbonyl (C=O) groups is 1. The molecule has 0 heterocycles. The van der Waals surface area contributed by atoms with E-state index >= 15 is 0 Å². The van der Waals surface area contributed by atoms with Crippen LogP contribution in [0.5, 0.6) is 0 Å². The number of ether oxygens (including phenoxy) is 1. The van der Waals surface area contributed by atoms with Gasteiger partial charge in [0.1, 0.15) is 6.04 Å². The van der Waals surface area contributed by atoms with Gasteiger partial charge < -0.3 is 10.1 Å². The summed E-state index contributed by atoms with van der Waals surface area (Å²) in [6.45, 7) is 3.39. The van der Waals surface area contributed by atoms with Gasteiger partial charge in [-0.1, -0.05) is 18.0 Å². The molecule has 18 heavy (non-hydrogen) atoms. The molecule has 1 aliphatic carbocycles. The second kappa shape index (κ2) is 8.78. The molecule has 1 N–H and O–H groups in total. The van der Waals surface area contributed by atoms with Crippen LogP contribution in [0.4, 0.5) is 0 Å². The van der Waals surface area contributed by atoms with Gasteiger partial charge in [0.25, 0.3) is 0 Å². The second-order valence-corrected chi connectivity index (χ2v) is 4.54. The molecule has 0 aromatic heterocycles. The predicted octanol–water partition coefficient (Wildman–Crippen LogP) is 2.40. The molecule has 1 rings (SSSR count). The largest absolute Gasteiger partial charge is 0.465 e. The molecule has 6 nitrogen and oxygen atoms in total. The van der Waals surface area contributed by atoms with Crippen molar-refractivity contribution in [3.8, 4) is 0 Å². The van der Waals surface area contributed by atoms with Crippen molar-refractivity contribution in [1.29, 1.82) is 0 Å². The van der Waals surface area contributed by atoms with Crippen LogP contribution in [0.1, 0.15) is 39.0 Å². The van der Waals surface area contributed by atoms with Gasteiger partial charge in [0, 0.05) is 11.5 Å². The maximum absolute atomic E-state index is 11.9. The molecule has 6 heteroatoms. The van der Waals surface area contributed by atoms with E-state index in [4.69, 9.17) is 10.3 Å². The average molecular weight is 254 g/mol. The zero-order valence-electron chi connectivity index (χ0n) is 11.0. The molecule has 0 radical (unpaired) electrons. The van der Waals surface area contributed by atoms with Gasteiger partial charge in [0.05, 0.1) is 6.61 Å². The lowest BCUT2D eigenvalue weighted by molar-refractivity contribution is -0.147. The SMILES string of the molecule is CCOC(=O)C(NCCCN=[N+]=[N-])C1CCCC1. The van der Waals surface area contributed by atoms with Gasteiger partial charge in [0.15, 0.2) is 0 Å². The zero-order valence-corrected chi connectivity index (χ0v) is 11.0. The van der Waals surface area contributed by atoms with Gasteiger partial charge >= 0.3 is 5.97 Å². The molecule has 0 spiro atoms. The summed E-state index contributed by atoms with van der Waals surface area (Å²) in [5.41, 5.74) is 8.17. The molecule has 1 aliphatic rings. The average Bonchev–Trinajstić information content (AvgIpc) is 2.87. The van der Waals surface area contributed by atoms with E-state index in [9.17, 15) is 4.79 Å². The summed E-state index contributed by atoms with van der Waals surface area (Å²) in [6, 6.07) is -0.196. The van der Waals surface area contributed by atoms with E-state index < -0.39 is 0 Å². The molecule has 1 saturated carbocycles. The van der Waals surface area contributed by atoms with Crippen LogP contribution in [-0.4, -0.2) is 31.7 Å². The number of rotatable bonds is 8. The van der Waals surface area contributed by atoms with Crippen LogP contribution in [0.25, 0.3) is 10.4 Å². The Morgan fingerprint density at radius 1 is 1.56 bits per heavy atom. The molecule has 0 bridgehead atoms. The van der Waals surface area contributed by atoms with E-state index in [1.165, 1.54) is 12.8 Å². The lowest BCUT2D eigenvalue weighted by Crippen LogP contribution is -2.43. The van der Waals surface area contributed by atoms with E-state index in [1.54, 1.807) is 0 Å². The molecule has 0 aromatic carbocycles. The Balaban J connectivity index is 2.38. The number of hydrogen-bond acceptors (Lipinski definition) is 4. The minimum atomic E-state index is -0.196. The van der Waals surface area contributed by atoms with E-state index in [2.05, 4.69) is 15.3 Å². The van der Waals surface area contributed by atoms with Crippen molar-refractivity contribution in [2.45, 2.75) is 45.1 Å². The van der Waals surface area contributed by atoms with Gasteiger partial charge in [-0.05, 0) is 44.2 Å². The fourth-order valence-electron chi connectivity index (χ4n) is 2.42. The van der Waals surface area contributed by atoms with Crippen molar-refractivity contribution < 1.29 is 9.53 Å². The fraction of sp³-hybridized carbons (Fsp3) is 0.917. The highest BCUT2D eigenvalue weighted by Gasteiger charge is 2.30. The van der Waals surface area contributed by atoms with Gasteiger partial charge in [-0.2, -0.15) is 0 Å². The summed E-state index contributed by atoms with van der Waals surface area (Å²) in [5, 5.41) is 6.72. The third-order valence-corrected chi connectivity index (χ3v) is 3.27. The Labute approximate surface area is 108 Å². The van der Waals surface area contributed by atoms with Gasteiger partial charge in [-0.15, -0.1) is 0 Å². The standard InChI is InChI=1S/C12H22N4O2/c1-2-18-12(17)11(10-6-3-4-7-10)14-8-5-9-15-16-13/h10-11,14H,2-9H2,1H3. The molecular formula is C12H22N4O2. The number of carbonyl (C=O) groups excluding carboxylic acids is 1. The quantitative estimate of drug-likeness (QED) is 0.237. The van der Waals surface area contributed by atoms with E-state index in [-0.39, 0.29) is 12.0 Å². The third-order valence-electron chi connectivity index (χ3n) is 3.27. The lowest BCUT2D eigenvalue weighted by atomic mass is 9.98. The Hall–Kier alpha value is -1.26. The highest BCUT2D eigenvalue weighted by molar-refractivity contribution is 5.76. The molecule has 1 unspecified atom stereocenters. The first-order chi connectivity index (χ1) is 8.79. The van der Waals surface area contributed by atoms with E-state index in [0.717, 1.165) is 19.3 Å². The summed E-state index contributed by atoms with van der Waals surface area (Å²) in [5.74, 6) is 0.247. The van der Waals surface area contributed by atoms with Crippen molar-refractivity contribution >= 4 is 5.97 Å². The summed E-state index contributed by atoms with van der Waals surface area (Å²) < 4.78 is 5.11. The van der Waals surface area contributed by atoms with Crippen LogP contribution in [0.3, 0.4) is 0 Å². The van der Waals surface area contributed by atoms with Crippen molar-refractivity contribution in [2.75, 3.05) is 19.7 Å². The molecular weight excluding hydrogens is 232 g/mol. The van der Waals surface area contributed by atoms with Gasteiger partial charge in [-0.3, -0.25) is 4.79 Å². The van der Waals surface area contributed by atoms with Crippen LogP contribution < -0.4 is 5.32 Å². The van der Waals surface area contributed by atoms with E-state index in [1.807, 2.05) is 6.92 Å². The predicted molar refractivity (Wildman–Crippen MR) is 69.0 cm³/mol. The van der Waals surface area contributed by atoms with Crippen molar-refractivity contribution in [3.05, 3.63) is 10.4 Å². The van der Waals surface area contributed by atoms with E-state index in [0.29, 0.717) is 25.6 Å². The normalized spacial score (nSPS) is 17.2. The topological polar surface area (TPSA) is 87.1 Å². The zero-order chi connectivity index (χ0) is 13.2. The highest BCUT2D eigenvalue weighted by Crippen LogP contribution is 2.28. The number of nitrogens with zero attached hydrogens (tertiary/aromatic N) is 3. The first-order valence-electron chi connectivity index (χ1n) is 6.70. The first-order valence-corrected chi connectivity index (χ1v) is 6.70. The molecule has 1 atom stereocenters. The van der Waals surface area contributed by atoms with Crippen LogP contribution in [0, 0.1) is 5.92 Å². The Morgan fingerprint density at radius 3 is 2.89 bits per heavy atom. The van der Waals surface area contributed by atoms with Crippen molar-refractivity contribution in [3.63, 3.8) is 0 Å². The maximum Gasteiger partial charge on any atom is 0.323 e. The lowest BCUT2D eigenvalue weighted by Gasteiger charge is -2.22.